The van der Waals surface area contributed by atoms with E-state index < -0.39 is 12.2 Å². The Balaban J connectivity index is 1.99. The van der Waals surface area contributed by atoms with Crippen LogP contribution in [0, 0.1) is 0 Å². The molecule has 14 heavy (non-hydrogen) atoms. The van der Waals surface area contributed by atoms with Crippen LogP contribution in [0.2, 0.25) is 0 Å². The molecule has 4 nitrogen and oxygen atoms in total. The van der Waals surface area contributed by atoms with E-state index in [0.29, 0.717) is 13.0 Å². The fourth-order valence-corrected chi connectivity index (χ4v) is 1.75. The first-order valence-corrected chi connectivity index (χ1v) is 4.76. The van der Waals surface area contributed by atoms with Gasteiger partial charge in [0.25, 0.3) is 0 Å². The summed E-state index contributed by atoms with van der Waals surface area (Å²) in [5, 5.41) is 22.0. The van der Waals surface area contributed by atoms with Crippen molar-refractivity contribution in [3.05, 3.63) is 30.1 Å². The molecular weight excluding hydrogens is 180 g/mol. The predicted octanol–water partition coefficient (Wildman–Crippen LogP) is -0.682. The first-order chi connectivity index (χ1) is 6.77. The Morgan fingerprint density at radius 2 is 2.36 bits per heavy atom. The topological polar surface area (TPSA) is 65.4 Å². The zero-order valence-corrected chi connectivity index (χ0v) is 7.80. The van der Waals surface area contributed by atoms with Crippen molar-refractivity contribution in [1.29, 1.82) is 0 Å². The Bertz CT molecular complexity index is 291. The van der Waals surface area contributed by atoms with Crippen LogP contribution in [0.3, 0.4) is 0 Å². The Morgan fingerprint density at radius 1 is 1.50 bits per heavy atom. The van der Waals surface area contributed by atoms with Gasteiger partial charge in [0, 0.05) is 25.0 Å². The SMILES string of the molecule is O[C@@H]1[C@@H](O)CN[C@@H]1Cc1cccnc1. The second kappa shape index (κ2) is 4.04. The van der Waals surface area contributed by atoms with Crippen LogP contribution in [-0.2, 0) is 6.42 Å². The van der Waals surface area contributed by atoms with E-state index in [4.69, 9.17) is 0 Å². The molecule has 1 aliphatic rings. The molecule has 4 heteroatoms. The van der Waals surface area contributed by atoms with Gasteiger partial charge in [-0.3, -0.25) is 4.98 Å². The lowest BCUT2D eigenvalue weighted by atomic mass is 10.0. The number of pyridine rings is 1. The van der Waals surface area contributed by atoms with Crippen LogP contribution >= 0.6 is 0 Å². The lowest BCUT2D eigenvalue weighted by Gasteiger charge is -2.15. The summed E-state index contributed by atoms with van der Waals surface area (Å²) in [6, 6.07) is 3.77. The van der Waals surface area contributed by atoms with Crippen LogP contribution in [0.4, 0.5) is 0 Å². The molecule has 1 fully saturated rings. The van der Waals surface area contributed by atoms with Crippen molar-refractivity contribution in [1.82, 2.24) is 10.3 Å². The fourth-order valence-electron chi connectivity index (χ4n) is 1.75. The Hall–Kier alpha value is -0.970. The van der Waals surface area contributed by atoms with Crippen molar-refractivity contribution in [2.45, 2.75) is 24.7 Å². The average molecular weight is 194 g/mol. The average Bonchev–Trinajstić information content (AvgIpc) is 2.52. The van der Waals surface area contributed by atoms with Crippen LogP contribution < -0.4 is 5.32 Å². The second-order valence-corrected chi connectivity index (χ2v) is 3.64. The number of hydrogen-bond acceptors (Lipinski definition) is 4. The molecule has 0 bridgehead atoms. The van der Waals surface area contributed by atoms with E-state index in [2.05, 4.69) is 10.3 Å². The van der Waals surface area contributed by atoms with Gasteiger partial charge in [-0.25, -0.2) is 0 Å². The Kier molecular flexibility index (Phi) is 2.77. The van der Waals surface area contributed by atoms with Gasteiger partial charge in [-0.05, 0) is 18.1 Å². The summed E-state index contributed by atoms with van der Waals surface area (Å²) < 4.78 is 0. The number of aliphatic hydroxyl groups is 2. The second-order valence-electron chi connectivity index (χ2n) is 3.64. The lowest BCUT2D eigenvalue weighted by molar-refractivity contribution is 0.0407. The molecule has 2 rings (SSSR count). The van der Waals surface area contributed by atoms with Gasteiger partial charge in [0.2, 0.25) is 0 Å². The standard InChI is InChI=1S/C10H14N2O2/c13-9-6-12-8(10(9)14)4-7-2-1-3-11-5-7/h1-3,5,8-10,12-14H,4,6H2/t8-,9+,10+/m1/s1. The van der Waals surface area contributed by atoms with Gasteiger partial charge >= 0.3 is 0 Å². The molecule has 1 aliphatic heterocycles. The van der Waals surface area contributed by atoms with Crippen molar-refractivity contribution in [3.8, 4) is 0 Å². The number of rotatable bonds is 2. The van der Waals surface area contributed by atoms with Crippen molar-refractivity contribution in [2.75, 3.05) is 6.54 Å². The van der Waals surface area contributed by atoms with E-state index in [9.17, 15) is 10.2 Å². The maximum absolute atomic E-state index is 9.59. The van der Waals surface area contributed by atoms with Crippen LogP contribution in [0.25, 0.3) is 0 Å². The number of aromatic nitrogens is 1. The quantitative estimate of drug-likeness (QED) is 0.583. The minimum absolute atomic E-state index is 0.0609. The lowest BCUT2D eigenvalue weighted by Crippen LogP contribution is -2.34. The summed E-state index contributed by atoms with van der Waals surface area (Å²) in [5.74, 6) is 0. The molecule has 1 saturated heterocycles. The van der Waals surface area contributed by atoms with E-state index in [-0.39, 0.29) is 6.04 Å². The third-order valence-corrected chi connectivity index (χ3v) is 2.57. The summed E-state index contributed by atoms with van der Waals surface area (Å²) in [6.07, 6.45) is 2.88. The summed E-state index contributed by atoms with van der Waals surface area (Å²) in [7, 11) is 0. The number of nitrogens with zero attached hydrogens (tertiary/aromatic N) is 1. The Labute approximate surface area is 82.6 Å². The molecule has 0 spiro atoms. The maximum atomic E-state index is 9.59. The predicted molar refractivity (Wildman–Crippen MR) is 51.7 cm³/mol. The number of aliphatic hydroxyl groups excluding tert-OH is 2. The van der Waals surface area contributed by atoms with E-state index in [1.54, 1.807) is 12.4 Å². The molecule has 0 amide bonds. The molecule has 0 radical (unpaired) electrons. The molecule has 0 aromatic carbocycles. The monoisotopic (exact) mass is 194 g/mol. The van der Waals surface area contributed by atoms with E-state index >= 15 is 0 Å². The molecular formula is C10H14N2O2. The molecule has 0 aliphatic carbocycles. The van der Waals surface area contributed by atoms with E-state index in [1.165, 1.54) is 0 Å². The molecule has 2 heterocycles. The normalized spacial score (nSPS) is 32.0. The summed E-state index contributed by atoms with van der Waals surface area (Å²) >= 11 is 0. The highest BCUT2D eigenvalue weighted by atomic mass is 16.3. The zero-order chi connectivity index (χ0) is 9.97. The largest absolute Gasteiger partial charge is 0.389 e. The van der Waals surface area contributed by atoms with Gasteiger partial charge in [-0.1, -0.05) is 6.07 Å². The molecule has 76 valence electrons. The van der Waals surface area contributed by atoms with Gasteiger partial charge < -0.3 is 15.5 Å². The van der Waals surface area contributed by atoms with Gasteiger partial charge in [-0.15, -0.1) is 0 Å². The maximum Gasteiger partial charge on any atom is 0.0967 e. The van der Waals surface area contributed by atoms with Gasteiger partial charge in [0.1, 0.15) is 0 Å². The smallest absolute Gasteiger partial charge is 0.0967 e. The Morgan fingerprint density at radius 3 is 2.93 bits per heavy atom. The molecule has 0 unspecified atom stereocenters. The summed E-state index contributed by atoms with van der Waals surface area (Å²) in [6.45, 7) is 0.464. The van der Waals surface area contributed by atoms with E-state index in [1.807, 2.05) is 12.1 Å². The minimum Gasteiger partial charge on any atom is -0.389 e. The minimum atomic E-state index is -0.671. The molecule has 0 saturated carbocycles. The third kappa shape index (κ3) is 1.92. The zero-order valence-electron chi connectivity index (χ0n) is 7.80. The van der Waals surface area contributed by atoms with Gasteiger partial charge in [0.05, 0.1) is 12.2 Å². The van der Waals surface area contributed by atoms with Crippen LogP contribution in [0.1, 0.15) is 5.56 Å². The molecule has 1 aromatic rings. The van der Waals surface area contributed by atoms with E-state index in [0.717, 1.165) is 5.56 Å². The highest BCUT2D eigenvalue weighted by molar-refractivity contribution is 5.12. The van der Waals surface area contributed by atoms with Crippen molar-refractivity contribution >= 4 is 0 Å². The number of nitrogens with one attached hydrogen (secondary N) is 1. The molecule has 3 atom stereocenters. The van der Waals surface area contributed by atoms with Crippen molar-refractivity contribution in [3.63, 3.8) is 0 Å². The number of β-amino-alcohol motifs (C(OH)–C–C–N with tert-alkyl or cyclic N) is 1. The van der Waals surface area contributed by atoms with Crippen LogP contribution in [0.15, 0.2) is 24.5 Å². The van der Waals surface area contributed by atoms with Crippen LogP contribution in [-0.4, -0.2) is 40.0 Å². The van der Waals surface area contributed by atoms with Crippen LogP contribution in [0.5, 0.6) is 0 Å². The first-order valence-electron chi connectivity index (χ1n) is 4.76. The summed E-state index contributed by atoms with van der Waals surface area (Å²) in [4.78, 5) is 4.00. The van der Waals surface area contributed by atoms with Gasteiger partial charge in [0.15, 0.2) is 0 Å². The first kappa shape index (κ1) is 9.58. The van der Waals surface area contributed by atoms with Crippen molar-refractivity contribution < 1.29 is 10.2 Å². The molecule has 3 N–H and O–H groups in total. The number of hydrogen-bond donors (Lipinski definition) is 3. The summed E-state index contributed by atoms with van der Waals surface area (Å²) in [5.41, 5.74) is 1.07. The highest BCUT2D eigenvalue weighted by Crippen LogP contribution is 2.12. The third-order valence-electron chi connectivity index (χ3n) is 2.57. The van der Waals surface area contributed by atoms with Gasteiger partial charge in [-0.2, -0.15) is 0 Å². The fraction of sp³-hybridized carbons (Fsp3) is 0.500. The van der Waals surface area contributed by atoms with Crippen molar-refractivity contribution in [2.24, 2.45) is 0 Å². The molecule has 1 aromatic heterocycles. The highest BCUT2D eigenvalue weighted by Gasteiger charge is 2.32.